The van der Waals surface area contributed by atoms with Gasteiger partial charge in [-0.2, -0.15) is 0 Å². The molecule has 1 heterocycles. The van der Waals surface area contributed by atoms with E-state index < -0.39 is 0 Å². The standard InChI is InChI=1S/C19H30BrN3O3.HI/c1-3-21-18(23-13-19(8-10-24)9-11-25-14-19)22-12-15(2)26-17-7-5-4-6-16(17)20;/h4-7,15,24H,3,8-14H2,1-2H3,(H2,21,22,23);1H. The van der Waals surface area contributed by atoms with Crippen LogP contribution in [-0.4, -0.2) is 56.6 Å². The first-order valence-corrected chi connectivity index (χ1v) is 10.00. The van der Waals surface area contributed by atoms with Gasteiger partial charge in [0.15, 0.2) is 5.96 Å². The number of nitrogens with one attached hydrogen (secondary N) is 2. The van der Waals surface area contributed by atoms with E-state index in [1.54, 1.807) is 0 Å². The van der Waals surface area contributed by atoms with Crippen LogP contribution >= 0.6 is 39.9 Å². The van der Waals surface area contributed by atoms with Gasteiger partial charge in [0, 0.05) is 25.2 Å². The van der Waals surface area contributed by atoms with E-state index in [0.717, 1.165) is 42.2 Å². The second-order valence-corrected chi connectivity index (χ2v) is 7.57. The van der Waals surface area contributed by atoms with Crippen molar-refractivity contribution in [2.45, 2.75) is 32.8 Å². The van der Waals surface area contributed by atoms with Crippen molar-refractivity contribution in [3.63, 3.8) is 0 Å². The molecule has 1 aromatic carbocycles. The summed E-state index contributed by atoms with van der Waals surface area (Å²) in [6, 6.07) is 7.82. The molecule has 6 nitrogen and oxygen atoms in total. The molecular formula is C19H31BrIN3O3. The Morgan fingerprint density at radius 1 is 1.41 bits per heavy atom. The average Bonchev–Trinajstić information content (AvgIpc) is 3.08. The van der Waals surface area contributed by atoms with Crippen molar-refractivity contribution in [1.82, 2.24) is 10.6 Å². The molecule has 1 fully saturated rings. The molecule has 1 aliphatic heterocycles. The second-order valence-electron chi connectivity index (χ2n) is 6.71. The van der Waals surface area contributed by atoms with E-state index in [1.807, 2.05) is 38.1 Å². The Hall–Kier alpha value is -0.580. The average molecular weight is 556 g/mol. The zero-order valence-corrected chi connectivity index (χ0v) is 20.0. The molecule has 1 aromatic rings. The number of para-hydroxylation sites is 1. The van der Waals surface area contributed by atoms with Crippen molar-refractivity contribution in [3.05, 3.63) is 28.7 Å². The number of aliphatic hydroxyl groups is 1. The Balaban J connectivity index is 0.00000364. The number of aliphatic hydroxyl groups excluding tert-OH is 1. The third kappa shape index (κ3) is 8.13. The van der Waals surface area contributed by atoms with Gasteiger partial charge in [-0.15, -0.1) is 24.0 Å². The molecule has 0 amide bonds. The Labute approximate surface area is 187 Å². The van der Waals surface area contributed by atoms with Crippen LogP contribution in [-0.2, 0) is 4.74 Å². The molecule has 0 spiro atoms. The van der Waals surface area contributed by atoms with E-state index >= 15 is 0 Å². The molecule has 27 heavy (non-hydrogen) atoms. The summed E-state index contributed by atoms with van der Waals surface area (Å²) in [6.07, 6.45) is 1.65. The maximum Gasteiger partial charge on any atom is 0.191 e. The number of nitrogens with zero attached hydrogens (tertiary/aromatic N) is 1. The van der Waals surface area contributed by atoms with Crippen molar-refractivity contribution >= 4 is 45.9 Å². The Morgan fingerprint density at radius 3 is 2.81 bits per heavy atom. The lowest BCUT2D eigenvalue weighted by Gasteiger charge is -2.25. The van der Waals surface area contributed by atoms with Gasteiger partial charge in [0.05, 0.1) is 24.2 Å². The molecule has 3 N–H and O–H groups in total. The predicted octanol–water partition coefficient (Wildman–Crippen LogP) is 3.18. The van der Waals surface area contributed by atoms with Crippen LogP contribution in [0.4, 0.5) is 0 Å². The van der Waals surface area contributed by atoms with Crippen LogP contribution in [0.3, 0.4) is 0 Å². The third-order valence-corrected chi connectivity index (χ3v) is 5.12. The fourth-order valence-electron chi connectivity index (χ4n) is 2.92. The maximum atomic E-state index is 9.34. The predicted molar refractivity (Wildman–Crippen MR) is 123 cm³/mol. The lowest BCUT2D eigenvalue weighted by molar-refractivity contribution is 0.131. The lowest BCUT2D eigenvalue weighted by Crippen LogP contribution is -2.42. The van der Waals surface area contributed by atoms with Gasteiger partial charge in [-0.05, 0) is 54.8 Å². The number of halogens is 2. The monoisotopic (exact) mass is 555 g/mol. The van der Waals surface area contributed by atoms with E-state index in [4.69, 9.17) is 14.5 Å². The highest BCUT2D eigenvalue weighted by Crippen LogP contribution is 2.32. The van der Waals surface area contributed by atoms with Crippen molar-refractivity contribution in [1.29, 1.82) is 0 Å². The molecule has 0 aromatic heterocycles. The topological polar surface area (TPSA) is 75.1 Å². The number of hydrogen-bond donors (Lipinski definition) is 3. The van der Waals surface area contributed by atoms with Crippen LogP contribution in [0.1, 0.15) is 26.7 Å². The number of ether oxygens (including phenoxy) is 2. The van der Waals surface area contributed by atoms with Crippen LogP contribution in [0.15, 0.2) is 33.7 Å². The Kier molecular flexibility index (Phi) is 11.6. The van der Waals surface area contributed by atoms with Gasteiger partial charge in [-0.25, -0.2) is 0 Å². The summed E-state index contributed by atoms with van der Waals surface area (Å²) in [5.41, 5.74) is -0.0475. The van der Waals surface area contributed by atoms with Gasteiger partial charge in [0.1, 0.15) is 11.9 Å². The largest absolute Gasteiger partial charge is 0.488 e. The summed E-state index contributed by atoms with van der Waals surface area (Å²) in [6.45, 7) is 7.70. The number of rotatable bonds is 9. The highest BCUT2D eigenvalue weighted by Gasteiger charge is 2.34. The summed E-state index contributed by atoms with van der Waals surface area (Å²) >= 11 is 3.50. The molecule has 1 saturated heterocycles. The minimum atomic E-state index is -0.0475. The van der Waals surface area contributed by atoms with Crippen LogP contribution in [0.25, 0.3) is 0 Å². The molecule has 2 atom stereocenters. The van der Waals surface area contributed by atoms with Gasteiger partial charge in [-0.1, -0.05) is 12.1 Å². The molecule has 154 valence electrons. The quantitative estimate of drug-likeness (QED) is 0.248. The van der Waals surface area contributed by atoms with Crippen molar-refractivity contribution in [3.8, 4) is 5.75 Å². The minimum absolute atomic E-state index is 0. The second kappa shape index (κ2) is 12.8. The SMILES string of the molecule is CCNC(=NCC1(CCO)CCOC1)NCC(C)Oc1ccccc1Br.I. The molecule has 2 rings (SSSR count). The Bertz CT molecular complexity index is 583. The molecule has 0 bridgehead atoms. The van der Waals surface area contributed by atoms with Gasteiger partial charge in [-0.3, -0.25) is 4.99 Å². The first kappa shape index (κ1) is 24.5. The van der Waals surface area contributed by atoms with Crippen molar-refractivity contribution in [2.75, 3.05) is 39.5 Å². The molecule has 8 heteroatoms. The van der Waals surface area contributed by atoms with E-state index in [2.05, 4.69) is 26.6 Å². The van der Waals surface area contributed by atoms with E-state index in [-0.39, 0.29) is 42.1 Å². The van der Waals surface area contributed by atoms with Gasteiger partial charge >= 0.3 is 0 Å². The highest BCUT2D eigenvalue weighted by molar-refractivity contribution is 14.0. The first-order valence-electron chi connectivity index (χ1n) is 9.20. The number of hydrogen-bond acceptors (Lipinski definition) is 4. The van der Waals surface area contributed by atoms with E-state index in [1.165, 1.54) is 0 Å². The third-order valence-electron chi connectivity index (χ3n) is 4.47. The van der Waals surface area contributed by atoms with Crippen LogP contribution in [0.5, 0.6) is 5.75 Å². The minimum Gasteiger partial charge on any atom is -0.488 e. The number of aliphatic imine (C=N–C) groups is 1. The summed E-state index contributed by atoms with van der Waals surface area (Å²) in [5, 5.41) is 15.9. The normalized spacial score (nSPS) is 20.7. The summed E-state index contributed by atoms with van der Waals surface area (Å²) in [5.74, 6) is 1.59. The van der Waals surface area contributed by atoms with Crippen LogP contribution in [0, 0.1) is 5.41 Å². The van der Waals surface area contributed by atoms with Gasteiger partial charge < -0.3 is 25.2 Å². The smallest absolute Gasteiger partial charge is 0.191 e. The molecule has 1 aliphatic rings. The summed E-state index contributed by atoms with van der Waals surface area (Å²) in [4.78, 5) is 4.72. The van der Waals surface area contributed by atoms with Crippen LogP contribution in [0.2, 0.25) is 0 Å². The molecule has 0 saturated carbocycles. The number of guanidine groups is 1. The van der Waals surface area contributed by atoms with E-state index in [0.29, 0.717) is 19.7 Å². The van der Waals surface area contributed by atoms with Gasteiger partial charge in [0.2, 0.25) is 0 Å². The summed E-state index contributed by atoms with van der Waals surface area (Å²) in [7, 11) is 0. The molecular weight excluding hydrogens is 525 g/mol. The molecule has 0 radical (unpaired) electrons. The first-order chi connectivity index (χ1) is 12.6. The fraction of sp³-hybridized carbons (Fsp3) is 0.632. The highest BCUT2D eigenvalue weighted by atomic mass is 127. The van der Waals surface area contributed by atoms with Gasteiger partial charge in [0.25, 0.3) is 0 Å². The number of benzene rings is 1. The molecule has 2 unspecified atom stereocenters. The van der Waals surface area contributed by atoms with Crippen molar-refractivity contribution < 1.29 is 14.6 Å². The maximum absolute atomic E-state index is 9.34. The zero-order chi connectivity index (χ0) is 18.8. The van der Waals surface area contributed by atoms with E-state index in [9.17, 15) is 5.11 Å². The van der Waals surface area contributed by atoms with Crippen molar-refractivity contribution in [2.24, 2.45) is 10.4 Å². The lowest BCUT2D eigenvalue weighted by atomic mass is 9.84. The Morgan fingerprint density at radius 2 is 2.19 bits per heavy atom. The zero-order valence-electron chi connectivity index (χ0n) is 16.0. The fourth-order valence-corrected chi connectivity index (χ4v) is 3.29. The summed E-state index contributed by atoms with van der Waals surface area (Å²) < 4.78 is 12.4. The van der Waals surface area contributed by atoms with Crippen LogP contribution < -0.4 is 15.4 Å². The molecule has 0 aliphatic carbocycles.